The van der Waals surface area contributed by atoms with Gasteiger partial charge in [0, 0.05) is 24.8 Å². The van der Waals surface area contributed by atoms with Crippen molar-refractivity contribution in [2.45, 2.75) is 32.2 Å². The monoisotopic (exact) mass is 249 g/mol. The number of likely N-dealkylation sites (tertiary alicyclic amines) is 1. The molecule has 0 radical (unpaired) electrons. The van der Waals surface area contributed by atoms with E-state index in [1.807, 2.05) is 12.1 Å². The van der Waals surface area contributed by atoms with E-state index in [1.165, 1.54) is 19.4 Å². The normalized spacial score (nSPS) is 20.0. The van der Waals surface area contributed by atoms with Gasteiger partial charge in [0.25, 0.3) is 0 Å². The number of aromatic nitrogens is 1. The summed E-state index contributed by atoms with van der Waals surface area (Å²) in [6, 6.07) is 4.57. The van der Waals surface area contributed by atoms with Gasteiger partial charge in [0.05, 0.1) is 6.61 Å². The number of rotatable bonds is 6. The molecule has 0 spiro atoms. The fraction of sp³-hybridized carbons (Fsp3) is 0.643. The van der Waals surface area contributed by atoms with E-state index >= 15 is 0 Å². The Kier molecular flexibility index (Phi) is 4.81. The van der Waals surface area contributed by atoms with Gasteiger partial charge < -0.3 is 15.0 Å². The van der Waals surface area contributed by atoms with Crippen LogP contribution in [0.3, 0.4) is 0 Å². The first kappa shape index (κ1) is 13.1. The van der Waals surface area contributed by atoms with E-state index in [0.29, 0.717) is 6.04 Å². The van der Waals surface area contributed by atoms with Crippen LogP contribution in [0.5, 0.6) is 5.75 Å². The molecule has 2 heterocycles. The highest BCUT2D eigenvalue weighted by Gasteiger charge is 2.20. The molecule has 0 aromatic carbocycles. The number of nitrogens with one attached hydrogen (secondary N) is 1. The third kappa shape index (κ3) is 3.60. The lowest BCUT2D eigenvalue weighted by atomic mass is 10.1. The summed E-state index contributed by atoms with van der Waals surface area (Å²) in [5.41, 5.74) is 0. The third-order valence-corrected chi connectivity index (χ3v) is 3.48. The fourth-order valence-electron chi connectivity index (χ4n) is 2.44. The lowest BCUT2D eigenvalue weighted by molar-refractivity contribution is 0.233. The van der Waals surface area contributed by atoms with Gasteiger partial charge in [0.1, 0.15) is 11.6 Å². The molecule has 1 aromatic rings. The van der Waals surface area contributed by atoms with Gasteiger partial charge in [-0.1, -0.05) is 0 Å². The molecule has 0 bridgehead atoms. The van der Waals surface area contributed by atoms with Crippen LogP contribution in [0.25, 0.3) is 0 Å². The van der Waals surface area contributed by atoms with Crippen LogP contribution in [0.15, 0.2) is 18.3 Å². The highest BCUT2D eigenvalue weighted by Crippen LogP contribution is 2.19. The molecular weight excluding hydrogens is 226 g/mol. The molecule has 1 fully saturated rings. The Morgan fingerprint density at radius 1 is 1.56 bits per heavy atom. The molecule has 0 saturated carbocycles. The molecule has 18 heavy (non-hydrogen) atoms. The predicted octanol–water partition coefficient (Wildman–Crippen LogP) is 2.38. The van der Waals surface area contributed by atoms with E-state index in [4.69, 9.17) is 4.74 Å². The Morgan fingerprint density at radius 3 is 3.17 bits per heavy atom. The van der Waals surface area contributed by atoms with Crippen LogP contribution in [-0.2, 0) is 0 Å². The average Bonchev–Trinajstić information content (AvgIpc) is 2.76. The van der Waals surface area contributed by atoms with Crippen LogP contribution in [0.1, 0.15) is 26.2 Å². The van der Waals surface area contributed by atoms with Crippen molar-refractivity contribution in [3.8, 4) is 5.75 Å². The van der Waals surface area contributed by atoms with Crippen LogP contribution in [0.2, 0.25) is 0 Å². The Balaban J connectivity index is 1.77. The summed E-state index contributed by atoms with van der Waals surface area (Å²) in [4.78, 5) is 6.66. The zero-order valence-electron chi connectivity index (χ0n) is 11.4. The zero-order valence-corrected chi connectivity index (χ0v) is 11.4. The Bertz CT molecular complexity index is 370. The van der Waals surface area contributed by atoms with Gasteiger partial charge in [-0.25, -0.2) is 4.98 Å². The van der Waals surface area contributed by atoms with Crippen LogP contribution >= 0.6 is 0 Å². The smallest absolute Gasteiger partial charge is 0.129 e. The first-order valence-corrected chi connectivity index (χ1v) is 6.82. The second-order valence-corrected chi connectivity index (χ2v) is 4.82. The lowest BCUT2D eigenvalue weighted by Crippen LogP contribution is -2.26. The van der Waals surface area contributed by atoms with Crippen LogP contribution < -0.4 is 10.1 Å². The lowest BCUT2D eigenvalue weighted by Gasteiger charge is -2.19. The Morgan fingerprint density at radius 2 is 2.44 bits per heavy atom. The van der Waals surface area contributed by atoms with Crippen molar-refractivity contribution < 1.29 is 4.74 Å². The van der Waals surface area contributed by atoms with E-state index in [1.54, 1.807) is 6.20 Å². The van der Waals surface area contributed by atoms with Crippen molar-refractivity contribution in [2.75, 3.05) is 32.1 Å². The second-order valence-electron chi connectivity index (χ2n) is 4.82. The van der Waals surface area contributed by atoms with E-state index in [9.17, 15) is 0 Å². The summed E-state index contributed by atoms with van der Waals surface area (Å²) >= 11 is 0. The maximum Gasteiger partial charge on any atom is 0.129 e. The summed E-state index contributed by atoms with van der Waals surface area (Å²) in [6.07, 6.45) is 5.52. The second kappa shape index (κ2) is 6.59. The van der Waals surface area contributed by atoms with E-state index in [-0.39, 0.29) is 0 Å². The van der Waals surface area contributed by atoms with Crippen molar-refractivity contribution in [1.82, 2.24) is 9.88 Å². The molecule has 1 saturated heterocycles. The molecule has 1 atom stereocenters. The maximum absolute atomic E-state index is 5.80. The van der Waals surface area contributed by atoms with E-state index in [0.717, 1.165) is 31.1 Å². The van der Waals surface area contributed by atoms with Crippen LogP contribution in [-0.4, -0.2) is 42.7 Å². The minimum Gasteiger partial charge on any atom is -0.493 e. The molecule has 4 heteroatoms. The van der Waals surface area contributed by atoms with Crippen molar-refractivity contribution >= 4 is 5.82 Å². The topological polar surface area (TPSA) is 37.4 Å². The van der Waals surface area contributed by atoms with Gasteiger partial charge in [0.15, 0.2) is 0 Å². The first-order valence-electron chi connectivity index (χ1n) is 6.82. The summed E-state index contributed by atoms with van der Waals surface area (Å²) in [7, 11) is 2.20. The van der Waals surface area contributed by atoms with E-state index in [2.05, 4.69) is 29.2 Å². The predicted molar refractivity (Wildman–Crippen MR) is 74.2 cm³/mol. The molecule has 0 aliphatic carbocycles. The number of ether oxygens (including phenoxy) is 1. The van der Waals surface area contributed by atoms with Crippen LogP contribution in [0, 0.1) is 0 Å². The molecule has 0 amide bonds. The van der Waals surface area contributed by atoms with Crippen molar-refractivity contribution in [3.05, 3.63) is 18.3 Å². The van der Waals surface area contributed by atoms with Crippen molar-refractivity contribution in [2.24, 2.45) is 0 Å². The molecular formula is C14H23N3O. The van der Waals surface area contributed by atoms with Gasteiger partial charge in [-0.05, 0) is 45.8 Å². The largest absolute Gasteiger partial charge is 0.493 e. The Labute approximate surface area is 109 Å². The number of hydrogen-bond donors (Lipinski definition) is 1. The molecule has 100 valence electrons. The van der Waals surface area contributed by atoms with Gasteiger partial charge in [0.2, 0.25) is 0 Å². The number of hydrogen-bond acceptors (Lipinski definition) is 4. The SMILES string of the molecule is CCNc1cc(OCCC2CCCN2C)ccn1. The third-order valence-electron chi connectivity index (χ3n) is 3.48. The van der Waals surface area contributed by atoms with Gasteiger partial charge in [-0.15, -0.1) is 0 Å². The Hall–Kier alpha value is -1.29. The number of anilines is 1. The van der Waals surface area contributed by atoms with E-state index < -0.39 is 0 Å². The molecule has 1 unspecified atom stereocenters. The minimum absolute atomic E-state index is 0.695. The summed E-state index contributed by atoms with van der Waals surface area (Å²) in [6.45, 7) is 4.95. The molecule has 1 N–H and O–H groups in total. The minimum atomic E-state index is 0.695. The van der Waals surface area contributed by atoms with Crippen molar-refractivity contribution in [3.63, 3.8) is 0 Å². The average molecular weight is 249 g/mol. The standard InChI is InChI=1S/C14H23N3O/c1-3-15-14-11-13(6-8-16-14)18-10-7-12-5-4-9-17(12)2/h6,8,11-12H,3-5,7,9-10H2,1-2H3,(H,15,16). The fourth-order valence-corrected chi connectivity index (χ4v) is 2.44. The zero-order chi connectivity index (χ0) is 12.8. The van der Waals surface area contributed by atoms with Crippen LogP contribution in [0.4, 0.5) is 5.82 Å². The highest BCUT2D eigenvalue weighted by molar-refractivity contribution is 5.40. The first-order chi connectivity index (χ1) is 8.79. The molecule has 1 aromatic heterocycles. The molecule has 2 rings (SSSR count). The summed E-state index contributed by atoms with van der Waals surface area (Å²) in [5, 5.41) is 3.19. The van der Waals surface area contributed by atoms with Gasteiger partial charge in [-0.2, -0.15) is 0 Å². The van der Waals surface area contributed by atoms with Gasteiger partial charge >= 0.3 is 0 Å². The molecule has 1 aliphatic heterocycles. The highest BCUT2D eigenvalue weighted by atomic mass is 16.5. The maximum atomic E-state index is 5.80. The quantitative estimate of drug-likeness (QED) is 0.840. The van der Waals surface area contributed by atoms with Crippen molar-refractivity contribution in [1.29, 1.82) is 0 Å². The summed E-state index contributed by atoms with van der Waals surface area (Å²) < 4.78 is 5.80. The molecule has 1 aliphatic rings. The summed E-state index contributed by atoms with van der Waals surface area (Å²) in [5.74, 6) is 1.79. The number of nitrogens with zero attached hydrogens (tertiary/aromatic N) is 2. The molecule has 4 nitrogen and oxygen atoms in total. The van der Waals surface area contributed by atoms with Gasteiger partial charge in [-0.3, -0.25) is 0 Å². The number of pyridine rings is 1.